The monoisotopic (exact) mass is 296 g/mol. The average Bonchev–Trinajstić information content (AvgIpc) is 2.40. The zero-order chi connectivity index (χ0) is 15.1. The first-order chi connectivity index (χ1) is 9.47. The van der Waals surface area contributed by atoms with E-state index in [0.717, 1.165) is 12.1 Å². The van der Waals surface area contributed by atoms with Crippen molar-refractivity contribution in [2.75, 3.05) is 13.7 Å². The lowest BCUT2D eigenvalue weighted by atomic mass is 10.1. The molecule has 20 heavy (non-hydrogen) atoms. The Morgan fingerprint density at radius 1 is 1.35 bits per heavy atom. The second kappa shape index (κ2) is 7.98. The fourth-order valence-corrected chi connectivity index (χ4v) is 1.97. The average molecular weight is 297 g/mol. The van der Waals surface area contributed by atoms with Gasteiger partial charge in [-0.2, -0.15) is 5.26 Å². The number of nitriles is 1. The summed E-state index contributed by atoms with van der Waals surface area (Å²) >= 11 is 6.08. The maximum atomic E-state index is 8.90. The van der Waals surface area contributed by atoms with Crippen LogP contribution in [0.25, 0.3) is 0 Å². The van der Waals surface area contributed by atoms with Crippen molar-refractivity contribution < 1.29 is 9.47 Å². The Bertz CT molecular complexity index is 483. The Kier molecular flexibility index (Phi) is 6.63. The van der Waals surface area contributed by atoms with Crippen molar-refractivity contribution in [1.29, 1.82) is 5.26 Å². The summed E-state index contributed by atoms with van der Waals surface area (Å²) < 4.78 is 10.9. The van der Waals surface area contributed by atoms with E-state index in [1.165, 1.54) is 0 Å². The highest BCUT2D eigenvalue weighted by Gasteiger charge is 2.15. The van der Waals surface area contributed by atoms with E-state index >= 15 is 0 Å². The van der Waals surface area contributed by atoms with Crippen LogP contribution in [-0.2, 0) is 6.54 Å². The molecule has 0 saturated heterocycles. The summed E-state index contributed by atoms with van der Waals surface area (Å²) in [6, 6.07) is 5.57. The normalized spacial score (nSPS) is 12.1. The lowest BCUT2D eigenvalue weighted by molar-refractivity contribution is 0.256. The molecule has 1 unspecified atom stereocenters. The molecule has 1 rings (SSSR count). The van der Waals surface area contributed by atoms with Crippen molar-refractivity contribution in [1.82, 2.24) is 5.32 Å². The Balaban J connectivity index is 2.99. The minimum absolute atomic E-state index is 0.543. The van der Waals surface area contributed by atoms with Crippen LogP contribution in [-0.4, -0.2) is 19.8 Å². The second-order valence-electron chi connectivity index (χ2n) is 5.01. The molecule has 1 N–H and O–H groups in total. The number of hydrogen-bond acceptors (Lipinski definition) is 4. The maximum absolute atomic E-state index is 8.90. The number of benzene rings is 1. The SMILES string of the molecule is COc1cc(Cl)cc(CNCC(C)C)c1OC(C)C#N. The Morgan fingerprint density at radius 3 is 2.60 bits per heavy atom. The summed E-state index contributed by atoms with van der Waals surface area (Å²) in [4.78, 5) is 0. The summed E-state index contributed by atoms with van der Waals surface area (Å²) in [6.45, 7) is 7.48. The van der Waals surface area contributed by atoms with Gasteiger partial charge >= 0.3 is 0 Å². The molecule has 0 aliphatic heterocycles. The minimum Gasteiger partial charge on any atom is -0.493 e. The number of methoxy groups -OCH3 is 1. The van der Waals surface area contributed by atoms with Crippen LogP contribution in [0.15, 0.2) is 12.1 Å². The van der Waals surface area contributed by atoms with Gasteiger partial charge < -0.3 is 14.8 Å². The maximum Gasteiger partial charge on any atom is 0.181 e. The number of ether oxygens (including phenoxy) is 2. The van der Waals surface area contributed by atoms with Crippen LogP contribution >= 0.6 is 11.6 Å². The van der Waals surface area contributed by atoms with Gasteiger partial charge in [-0.25, -0.2) is 0 Å². The highest BCUT2D eigenvalue weighted by Crippen LogP contribution is 2.35. The van der Waals surface area contributed by atoms with Crippen LogP contribution in [0.3, 0.4) is 0 Å². The molecule has 1 atom stereocenters. The molecule has 0 bridgehead atoms. The van der Waals surface area contributed by atoms with Gasteiger partial charge in [0.2, 0.25) is 0 Å². The van der Waals surface area contributed by atoms with Gasteiger partial charge in [-0.3, -0.25) is 0 Å². The fourth-order valence-electron chi connectivity index (χ4n) is 1.74. The number of hydrogen-bond donors (Lipinski definition) is 1. The summed E-state index contributed by atoms with van der Waals surface area (Å²) in [5.74, 6) is 1.67. The van der Waals surface area contributed by atoms with Gasteiger partial charge in [-0.15, -0.1) is 0 Å². The first-order valence-electron chi connectivity index (χ1n) is 6.61. The number of rotatable bonds is 7. The van der Waals surface area contributed by atoms with E-state index in [0.29, 0.717) is 29.0 Å². The zero-order valence-electron chi connectivity index (χ0n) is 12.4. The van der Waals surface area contributed by atoms with Crippen LogP contribution in [0.5, 0.6) is 11.5 Å². The lowest BCUT2D eigenvalue weighted by Crippen LogP contribution is -2.20. The van der Waals surface area contributed by atoms with Crippen molar-refractivity contribution in [2.24, 2.45) is 5.92 Å². The zero-order valence-corrected chi connectivity index (χ0v) is 13.1. The van der Waals surface area contributed by atoms with E-state index < -0.39 is 6.10 Å². The molecule has 0 heterocycles. The van der Waals surface area contributed by atoms with Gasteiger partial charge in [0.15, 0.2) is 17.6 Å². The van der Waals surface area contributed by atoms with Gasteiger partial charge in [0.1, 0.15) is 6.07 Å². The third-order valence-electron chi connectivity index (χ3n) is 2.66. The van der Waals surface area contributed by atoms with Gasteiger partial charge in [-0.1, -0.05) is 25.4 Å². The molecular formula is C15H21ClN2O2. The van der Waals surface area contributed by atoms with E-state index in [1.807, 2.05) is 12.1 Å². The highest BCUT2D eigenvalue weighted by atomic mass is 35.5. The van der Waals surface area contributed by atoms with Crippen molar-refractivity contribution in [3.05, 3.63) is 22.7 Å². The smallest absolute Gasteiger partial charge is 0.181 e. The first-order valence-corrected chi connectivity index (χ1v) is 6.99. The van der Waals surface area contributed by atoms with Gasteiger partial charge in [0.05, 0.1) is 7.11 Å². The van der Waals surface area contributed by atoms with Crippen LogP contribution in [0.4, 0.5) is 0 Å². The first kappa shape index (κ1) is 16.6. The highest BCUT2D eigenvalue weighted by molar-refractivity contribution is 6.30. The van der Waals surface area contributed by atoms with E-state index in [-0.39, 0.29) is 0 Å². The molecule has 5 heteroatoms. The fraction of sp³-hybridized carbons (Fsp3) is 0.533. The summed E-state index contributed by atoms with van der Waals surface area (Å²) in [6.07, 6.45) is -0.547. The molecule has 1 aromatic rings. The molecule has 4 nitrogen and oxygen atoms in total. The van der Waals surface area contributed by atoms with E-state index in [9.17, 15) is 0 Å². The molecule has 0 aromatic heterocycles. The Labute approximate surface area is 125 Å². The van der Waals surface area contributed by atoms with Crippen molar-refractivity contribution in [3.63, 3.8) is 0 Å². The summed E-state index contributed by atoms with van der Waals surface area (Å²) in [7, 11) is 1.56. The standard InChI is InChI=1S/C15H21ClN2O2/c1-10(2)8-18-9-12-5-13(16)6-14(19-4)15(12)20-11(3)7-17/h5-6,10-11,18H,8-9H2,1-4H3. The lowest BCUT2D eigenvalue weighted by Gasteiger charge is -2.17. The van der Waals surface area contributed by atoms with Crippen molar-refractivity contribution >= 4 is 11.6 Å². The molecule has 0 fully saturated rings. The quantitative estimate of drug-likeness (QED) is 0.838. The number of halogens is 1. The van der Waals surface area contributed by atoms with Gasteiger partial charge in [0.25, 0.3) is 0 Å². The molecular weight excluding hydrogens is 276 g/mol. The van der Waals surface area contributed by atoms with Gasteiger partial charge in [0, 0.05) is 23.2 Å². The molecule has 0 aliphatic rings. The largest absolute Gasteiger partial charge is 0.493 e. The molecule has 0 amide bonds. The predicted octanol–water partition coefficient (Wildman–Crippen LogP) is 3.39. The van der Waals surface area contributed by atoms with Crippen molar-refractivity contribution in [2.45, 2.75) is 33.4 Å². The molecule has 0 radical (unpaired) electrons. The number of nitrogens with zero attached hydrogens (tertiary/aromatic N) is 1. The molecule has 0 spiro atoms. The van der Waals surface area contributed by atoms with Crippen LogP contribution in [0.1, 0.15) is 26.3 Å². The van der Waals surface area contributed by atoms with E-state index in [1.54, 1.807) is 20.1 Å². The Hall–Kier alpha value is -1.44. The van der Waals surface area contributed by atoms with E-state index in [2.05, 4.69) is 19.2 Å². The third-order valence-corrected chi connectivity index (χ3v) is 2.88. The summed E-state index contributed by atoms with van der Waals surface area (Å²) in [5, 5.41) is 12.8. The topological polar surface area (TPSA) is 54.3 Å². The molecule has 1 aromatic carbocycles. The van der Waals surface area contributed by atoms with Crippen LogP contribution < -0.4 is 14.8 Å². The molecule has 0 saturated carbocycles. The minimum atomic E-state index is -0.547. The second-order valence-corrected chi connectivity index (χ2v) is 5.45. The number of nitrogens with one attached hydrogen (secondary N) is 1. The van der Waals surface area contributed by atoms with Crippen LogP contribution in [0.2, 0.25) is 5.02 Å². The molecule has 110 valence electrons. The van der Waals surface area contributed by atoms with Crippen molar-refractivity contribution in [3.8, 4) is 17.6 Å². The van der Waals surface area contributed by atoms with Gasteiger partial charge in [-0.05, 0) is 25.5 Å². The third kappa shape index (κ3) is 4.92. The van der Waals surface area contributed by atoms with Crippen LogP contribution in [0, 0.1) is 17.2 Å². The predicted molar refractivity (Wildman–Crippen MR) is 80.3 cm³/mol. The summed E-state index contributed by atoms with van der Waals surface area (Å²) in [5.41, 5.74) is 0.886. The Morgan fingerprint density at radius 2 is 2.05 bits per heavy atom. The van der Waals surface area contributed by atoms with E-state index in [4.69, 9.17) is 26.3 Å². The molecule has 0 aliphatic carbocycles.